The lowest BCUT2D eigenvalue weighted by atomic mass is 10.1. The lowest BCUT2D eigenvalue weighted by Crippen LogP contribution is -1.80. The molecule has 0 spiro atoms. The average Bonchev–Trinajstić information content (AvgIpc) is 2.07. The van der Waals surface area contributed by atoms with Gasteiger partial charge < -0.3 is 0 Å². The first kappa shape index (κ1) is 8.23. The molecule has 1 rings (SSSR count). The first-order valence-electron chi connectivity index (χ1n) is 3.59. The van der Waals surface area contributed by atoms with Gasteiger partial charge in [-0.25, -0.2) is 0 Å². The van der Waals surface area contributed by atoms with E-state index in [-0.39, 0.29) is 0 Å². The fraction of sp³-hybridized carbons (Fsp3) is 0.200. The molecule has 0 saturated heterocycles. The van der Waals surface area contributed by atoms with Crippen molar-refractivity contribution in [2.75, 3.05) is 0 Å². The molecule has 0 aliphatic heterocycles. The van der Waals surface area contributed by atoms with Gasteiger partial charge >= 0.3 is 0 Å². The first-order chi connectivity index (χ1) is 5.43. The Labute approximate surface area is 73.0 Å². The Morgan fingerprint density at radius 2 is 1.91 bits per heavy atom. The summed E-state index contributed by atoms with van der Waals surface area (Å²) < 4.78 is 0. The van der Waals surface area contributed by atoms with Gasteiger partial charge in [0.05, 0.1) is 0 Å². The Kier molecular flexibility index (Phi) is 3.64. The zero-order valence-corrected chi connectivity index (χ0v) is 7.14. The maximum Gasteiger partial charge on any atom is 0.0138 e. The number of rotatable bonds is 2. The van der Waals surface area contributed by atoms with Crippen LogP contribution in [-0.4, -0.2) is 0 Å². The molecule has 11 heavy (non-hydrogen) atoms. The molecule has 1 aromatic carbocycles. The molecule has 0 unspecified atom stereocenters. The van der Waals surface area contributed by atoms with Crippen molar-refractivity contribution < 1.29 is 0 Å². The summed E-state index contributed by atoms with van der Waals surface area (Å²) in [7, 11) is 0. The van der Waals surface area contributed by atoms with Crippen LogP contribution in [0.1, 0.15) is 12.0 Å². The molecular weight excluding hydrogens is 152 g/mol. The Morgan fingerprint density at radius 1 is 1.18 bits per heavy atom. The third-order valence-corrected chi connectivity index (χ3v) is 1.62. The second-order valence-electron chi connectivity index (χ2n) is 2.27. The summed E-state index contributed by atoms with van der Waals surface area (Å²) in [5.74, 6) is 2.91. The molecular formula is C10H10S. The minimum absolute atomic E-state index is 0.896. The standard InChI is InChI=1S/C10H10S/c11-9-5-4-8-10-6-2-1-3-7-10/h1-3,6-7,11H,4,8H2. The summed E-state index contributed by atoms with van der Waals surface area (Å²) in [4.78, 5) is 0. The molecule has 0 aliphatic carbocycles. The second-order valence-corrected chi connectivity index (χ2v) is 2.50. The maximum absolute atomic E-state index is 3.81. The average molecular weight is 162 g/mol. The van der Waals surface area contributed by atoms with Crippen LogP contribution in [0.3, 0.4) is 0 Å². The van der Waals surface area contributed by atoms with Gasteiger partial charge in [-0.2, -0.15) is 0 Å². The van der Waals surface area contributed by atoms with E-state index in [1.165, 1.54) is 5.56 Å². The van der Waals surface area contributed by atoms with Crippen molar-refractivity contribution in [1.29, 1.82) is 0 Å². The monoisotopic (exact) mass is 162 g/mol. The van der Waals surface area contributed by atoms with E-state index in [2.05, 4.69) is 35.9 Å². The van der Waals surface area contributed by atoms with E-state index in [1.54, 1.807) is 0 Å². The van der Waals surface area contributed by atoms with Gasteiger partial charge in [-0.3, -0.25) is 0 Å². The summed E-state index contributed by atoms with van der Waals surface area (Å²) >= 11 is 3.81. The zero-order valence-electron chi connectivity index (χ0n) is 6.25. The first-order valence-corrected chi connectivity index (χ1v) is 4.04. The van der Waals surface area contributed by atoms with E-state index in [9.17, 15) is 0 Å². The fourth-order valence-electron chi connectivity index (χ4n) is 0.907. The van der Waals surface area contributed by atoms with E-state index < -0.39 is 0 Å². The van der Waals surface area contributed by atoms with Crippen molar-refractivity contribution >= 4 is 12.6 Å². The van der Waals surface area contributed by atoms with E-state index in [0.717, 1.165) is 12.8 Å². The van der Waals surface area contributed by atoms with Crippen molar-refractivity contribution in [3.05, 3.63) is 35.9 Å². The molecule has 0 bridgehead atoms. The van der Waals surface area contributed by atoms with Crippen LogP contribution in [-0.2, 0) is 6.42 Å². The normalized spacial score (nSPS) is 8.45. The molecule has 0 atom stereocenters. The van der Waals surface area contributed by atoms with E-state index in [0.29, 0.717) is 0 Å². The largest absolute Gasteiger partial charge is 0.0922 e. The molecule has 1 aromatic rings. The summed E-state index contributed by atoms with van der Waals surface area (Å²) in [5, 5.41) is 2.58. The van der Waals surface area contributed by atoms with Crippen molar-refractivity contribution in [2.24, 2.45) is 0 Å². The molecule has 0 N–H and O–H groups in total. The summed E-state index contributed by atoms with van der Waals surface area (Å²) in [6.45, 7) is 0. The summed E-state index contributed by atoms with van der Waals surface area (Å²) in [6, 6.07) is 10.3. The molecule has 0 heterocycles. The van der Waals surface area contributed by atoms with Crippen LogP contribution in [0.5, 0.6) is 0 Å². The van der Waals surface area contributed by atoms with Crippen molar-refractivity contribution in [3.8, 4) is 11.2 Å². The van der Waals surface area contributed by atoms with Gasteiger partial charge in [0, 0.05) is 6.42 Å². The van der Waals surface area contributed by atoms with Crippen LogP contribution in [0.15, 0.2) is 30.3 Å². The van der Waals surface area contributed by atoms with Gasteiger partial charge in [-0.15, -0.1) is 0 Å². The highest BCUT2D eigenvalue weighted by Crippen LogP contribution is 2.00. The molecule has 56 valence electrons. The Bertz CT molecular complexity index is 253. The third kappa shape index (κ3) is 3.15. The Balaban J connectivity index is 2.43. The number of hydrogen-bond acceptors (Lipinski definition) is 1. The highest BCUT2D eigenvalue weighted by molar-refractivity contribution is 7.85. The predicted molar refractivity (Wildman–Crippen MR) is 51.5 cm³/mol. The number of aryl methyl sites for hydroxylation is 1. The zero-order chi connectivity index (χ0) is 7.94. The van der Waals surface area contributed by atoms with Crippen LogP contribution >= 0.6 is 12.6 Å². The topological polar surface area (TPSA) is 0 Å². The van der Waals surface area contributed by atoms with Gasteiger partial charge in [0.1, 0.15) is 0 Å². The minimum atomic E-state index is 0.896. The van der Waals surface area contributed by atoms with Gasteiger partial charge in [-0.1, -0.05) is 48.9 Å². The molecule has 0 fully saturated rings. The van der Waals surface area contributed by atoms with Gasteiger partial charge in [0.25, 0.3) is 0 Å². The number of benzene rings is 1. The highest BCUT2D eigenvalue weighted by Gasteiger charge is 1.86. The van der Waals surface area contributed by atoms with Crippen LogP contribution in [0.4, 0.5) is 0 Å². The molecule has 1 heteroatoms. The predicted octanol–water partition coefficient (Wildman–Crippen LogP) is 2.51. The van der Waals surface area contributed by atoms with Crippen molar-refractivity contribution in [1.82, 2.24) is 0 Å². The highest BCUT2D eigenvalue weighted by atomic mass is 32.1. The minimum Gasteiger partial charge on any atom is -0.0922 e. The molecule has 0 aliphatic rings. The van der Waals surface area contributed by atoms with E-state index >= 15 is 0 Å². The quantitative estimate of drug-likeness (QED) is 0.501. The lowest BCUT2D eigenvalue weighted by Gasteiger charge is -1.93. The number of thiol groups is 1. The van der Waals surface area contributed by atoms with E-state index in [4.69, 9.17) is 0 Å². The third-order valence-electron chi connectivity index (χ3n) is 1.46. The summed E-state index contributed by atoms with van der Waals surface area (Å²) in [6.07, 6.45) is 1.92. The van der Waals surface area contributed by atoms with E-state index in [1.807, 2.05) is 18.2 Å². The number of hydrogen-bond donors (Lipinski definition) is 1. The van der Waals surface area contributed by atoms with Gasteiger partial charge in [-0.05, 0) is 17.2 Å². The Hall–Kier alpha value is -0.870. The van der Waals surface area contributed by atoms with Crippen LogP contribution in [0, 0.1) is 11.2 Å². The van der Waals surface area contributed by atoms with Gasteiger partial charge in [0.2, 0.25) is 0 Å². The smallest absolute Gasteiger partial charge is 0.0138 e. The lowest BCUT2D eigenvalue weighted by molar-refractivity contribution is 1.03. The molecule has 0 radical (unpaired) electrons. The summed E-state index contributed by atoms with van der Waals surface area (Å²) in [5.41, 5.74) is 1.34. The second kappa shape index (κ2) is 4.87. The Morgan fingerprint density at radius 3 is 2.55 bits per heavy atom. The molecule has 0 nitrogen and oxygen atoms in total. The van der Waals surface area contributed by atoms with Crippen LogP contribution < -0.4 is 0 Å². The maximum atomic E-state index is 3.81. The van der Waals surface area contributed by atoms with Crippen molar-refractivity contribution in [2.45, 2.75) is 12.8 Å². The van der Waals surface area contributed by atoms with Gasteiger partial charge in [0.15, 0.2) is 0 Å². The van der Waals surface area contributed by atoms with Crippen molar-refractivity contribution in [3.63, 3.8) is 0 Å². The van der Waals surface area contributed by atoms with Crippen LogP contribution in [0.25, 0.3) is 0 Å². The SMILES string of the molecule is SC#CCCc1ccccc1. The molecule has 0 amide bonds. The molecule has 0 aromatic heterocycles. The molecule has 0 saturated carbocycles. The van der Waals surface area contributed by atoms with Crippen LogP contribution in [0.2, 0.25) is 0 Å². The fourth-order valence-corrected chi connectivity index (χ4v) is 1.02.